The Bertz CT molecular complexity index is 420. The lowest BCUT2D eigenvalue weighted by Crippen LogP contribution is -2.21. The van der Waals surface area contributed by atoms with E-state index in [0.717, 1.165) is 18.5 Å². The average Bonchev–Trinajstić information content (AvgIpc) is 2.09. The topological polar surface area (TPSA) is 76.0 Å². The monoisotopic (exact) mass is 178 g/mol. The summed E-state index contributed by atoms with van der Waals surface area (Å²) in [7, 11) is 0. The molecule has 1 aromatic heterocycles. The number of ketones is 1. The van der Waals surface area contributed by atoms with E-state index in [1.54, 1.807) is 0 Å². The van der Waals surface area contributed by atoms with Crippen LogP contribution in [0.4, 0.5) is 5.69 Å². The first kappa shape index (κ1) is 8.04. The molecule has 0 atom stereocenters. The highest BCUT2D eigenvalue weighted by Gasteiger charge is 2.18. The van der Waals surface area contributed by atoms with Gasteiger partial charge in [-0.1, -0.05) is 0 Å². The fraction of sp³-hybridized carbons (Fsp3) is 0.333. The lowest BCUT2D eigenvalue weighted by atomic mass is 9.95. The largest absolute Gasteiger partial charge is 0.394 e. The molecule has 0 radical (unpaired) electrons. The molecule has 0 spiro atoms. The molecule has 1 aliphatic carbocycles. The Morgan fingerprint density at radius 2 is 2.08 bits per heavy atom. The number of rotatable bonds is 0. The van der Waals surface area contributed by atoms with Gasteiger partial charge in [0.05, 0.1) is 5.69 Å². The number of aryl methyl sites for hydroxylation is 1. The van der Waals surface area contributed by atoms with Crippen molar-refractivity contribution in [2.24, 2.45) is 0 Å². The third-order valence-corrected chi connectivity index (χ3v) is 2.28. The minimum absolute atomic E-state index is 0.0733. The lowest BCUT2D eigenvalue weighted by Gasteiger charge is -2.13. The van der Waals surface area contributed by atoms with Gasteiger partial charge in [0.15, 0.2) is 5.78 Å². The molecule has 1 aromatic rings. The summed E-state index contributed by atoms with van der Waals surface area (Å²) in [4.78, 5) is 25.1. The number of aromatic nitrogens is 1. The maximum absolute atomic E-state index is 11.4. The summed E-state index contributed by atoms with van der Waals surface area (Å²) in [5.41, 5.74) is 6.55. The van der Waals surface area contributed by atoms with Gasteiger partial charge in [0.25, 0.3) is 5.56 Å². The van der Waals surface area contributed by atoms with Crippen LogP contribution in [0.15, 0.2) is 10.9 Å². The zero-order chi connectivity index (χ0) is 9.42. The third-order valence-electron chi connectivity index (χ3n) is 2.28. The number of fused-ring (bicyclic) bond motifs is 1. The molecule has 0 aliphatic heterocycles. The second-order valence-electron chi connectivity index (χ2n) is 3.22. The summed E-state index contributed by atoms with van der Waals surface area (Å²) >= 11 is 0. The van der Waals surface area contributed by atoms with Gasteiger partial charge in [0.1, 0.15) is 0 Å². The molecule has 1 aliphatic rings. The van der Waals surface area contributed by atoms with Gasteiger partial charge in [-0.15, -0.1) is 0 Å². The van der Waals surface area contributed by atoms with Gasteiger partial charge >= 0.3 is 0 Å². The highest BCUT2D eigenvalue weighted by molar-refractivity contribution is 5.98. The minimum Gasteiger partial charge on any atom is -0.394 e. The van der Waals surface area contributed by atoms with Gasteiger partial charge < -0.3 is 10.7 Å². The molecule has 0 bridgehead atoms. The lowest BCUT2D eigenvalue weighted by molar-refractivity contribution is 0.0971. The Morgan fingerprint density at radius 1 is 1.31 bits per heavy atom. The minimum atomic E-state index is -0.298. The smallest absolute Gasteiger partial charge is 0.271 e. The molecule has 4 heteroatoms. The predicted molar refractivity (Wildman–Crippen MR) is 48.7 cm³/mol. The summed E-state index contributed by atoms with van der Waals surface area (Å²) in [5, 5.41) is 0. The van der Waals surface area contributed by atoms with Crippen LogP contribution in [0, 0.1) is 0 Å². The van der Waals surface area contributed by atoms with Gasteiger partial charge in [-0.3, -0.25) is 9.59 Å². The van der Waals surface area contributed by atoms with E-state index in [4.69, 9.17) is 5.73 Å². The molecule has 68 valence electrons. The van der Waals surface area contributed by atoms with Crippen molar-refractivity contribution in [1.82, 2.24) is 4.98 Å². The first-order valence-corrected chi connectivity index (χ1v) is 4.23. The predicted octanol–water partition coefficient (Wildman–Crippen LogP) is 0.476. The molecular formula is C9H10N2O2. The van der Waals surface area contributed by atoms with Crippen molar-refractivity contribution in [2.45, 2.75) is 19.3 Å². The summed E-state index contributed by atoms with van der Waals surface area (Å²) in [6.07, 6.45) is 2.13. The highest BCUT2D eigenvalue weighted by atomic mass is 16.1. The van der Waals surface area contributed by atoms with Crippen molar-refractivity contribution in [1.29, 1.82) is 0 Å². The van der Waals surface area contributed by atoms with Crippen molar-refractivity contribution < 1.29 is 4.79 Å². The number of nitrogens with two attached hydrogens (primary N) is 1. The van der Waals surface area contributed by atoms with Crippen LogP contribution in [-0.2, 0) is 6.42 Å². The van der Waals surface area contributed by atoms with E-state index in [2.05, 4.69) is 4.98 Å². The van der Waals surface area contributed by atoms with Gasteiger partial charge in [0, 0.05) is 17.7 Å². The number of carbonyl (C=O) groups is 1. The summed E-state index contributed by atoms with van der Waals surface area (Å²) in [6.45, 7) is 0. The summed E-state index contributed by atoms with van der Waals surface area (Å²) in [5.74, 6) is 0.0733. The van der Waals surface area contributed by atoms with Crippen molar-refractivity contribution in [2.75, 3.05) is 5.73 Å². The van der Waals surface area contributed by atoms with Crippen molar-refractivity contribution in [3.05, 3.63) is 27.7 Å². The Balaban J connectivity index is 2.65. The number of Topliss-reactive ketones (excluding diaryl/α,β-unsaturated/α-hetero) is 1. The first-order valence-electron chi connectivity index (χ1n) is 4.23. The number of carbonyl (C=O) groups excluding carboxylic acids is 1. The summed E-state index contributed by atoms with van der Waals surface area (Å²) in [6, 6.07) is 1.48. The highest BCUT2D eigenvalue weighted by Crippen LogP contribution is 2.18. The fourth-order valence-corrected chi connectivity index (χ4v) is 1.59. The van der Waals surface area contributed by atoms with Gasteiger partial charge in [-0.2, -0.15) is 0 Å². The van der Waals surface area contributed by atoms with Crippen LogP contribution in [0.1, 0.15) is 28.9 Å². The van der Waals surface area contributed by atoms with Crippen molar-refractivity contribution >= 4 is 11.5 Å². The van der Waals surface area contributed by atoms with E-state index in [1.165, 1.54) is 6.07 Å². The molecule has 0 aromatic carbocycles. The normalized spacial score (nSPS) is 15.5. The number of nitrogens with one attached hydrogen (secondary N) is 1. The third kappa shape index (κ3) is 1.24. The summed E-state index contributed by atoms with van der Waals surface area (Å²) < 4.78 is 0. The number of aromatic amines is 1. The van der Waals surface area contributed by atoms with Crippen molar-refractivity contribution in [3.8, 4) is 0 Å². The Labute approximate surface area is 74.8 Å². The molecule has 0 saturated carbocycles. The van der Waals surface area contributed by atoms with E-state index in [1.807, 2.05) is 0 Å². The molecule has 0 unspecified atom stereocenters. The number of nitrogen functional groups attached to an aromatic ring is 1. The number of pyridine rings is 1. The van der Waals surface area contributed by atoms with E-state index in [-0.39, 0.29) is 17.0 Å². The van der Waals surface area contributed by atoms with Crippen LogP contribution in [0.25, 0.3) is 0 Å². The molecule has 2 rings (SSSR count). The molecule has 0 amide bonds. The molecule has 4 nitrogen and oxygen atoms in total. The van der Waals surface area contributed by atoms with E-state index in [9.17, 15) is 9.59 Å². The number of anilines is 1. The molecule has 0 fully saturated rings. The molecule has 0 saturated heterocycles. The zero-order valence-electron chi connectivity index (χ0n) is 7.09. The first-order chi connectivity index (χ1) is 6.18. The van der Waals surface area contributed by atoms with E-state index < -0.39 is 0 Å². The Kier molecular flexibility index (Phi) is 1.69. The van der Waals surface area contributed by atoms with Gasteiger partial charge in [-0.25, -0.2) is 0 Å². The Morgan fingerprint density at radius 3 is 2.85 bits per heavy atom. The number of hydrogen-bond donors (Lipinski definition) is 2. The molecular weight excluding hydrogens is 168 g/mol. The van der Waals surface area contributed by atoms with E-state index in [0.29, 0.717) is 12.0 Å². The van der Waals surface area contributed by atoms with Crippen molar-refractivity contribution in [3.63, 3.8) is 0 Å². The SMILES string of the molecule is Nc1cc2c([nH]c1=O)CCCC2=O. The van der Waals surface area contributed by atoms with Gasteiger partial charge in [-0.05, 0) is 18.9 Å². The fourth-order valence-electron chi connectivity index (χ4n) is 1.59. The molecule has 3 N–H and O–H groups in total. The molecule has 13 heavy (non-hydrogen) atoms. The molecule has 1 heterocycles. The van der Waals surface area contributed by atoms with Crippen LogP contribution in [0.2, 0.25) is 0 Å². The average molecular weight is 178 g/mol. The van der Waals surface area contributed by atoms with Crippen LogP contribution in [0.5, 0.6) is 0 Å². The van der Waals surface area contributed by atoms with Crippen LogP contribution >= 0.6 is 0 Å². The number of H-pyrrole nitrogens is 1. The Hall–Kier alpha value is -1.58. The van der Waals surface area contributed by atoms with Gasteiger partial charge in [0.2, 0.25) is 0 Å². The maximum Gasteiger partial charge on any atom is 0.271 e. The van der Waals surface area contributed by atoms with Crippen LogP contribution < -0.4 is 11.3 Å². The second-order valence-corrected chi connectivity index (χ2v) is 3.22. The second kappa shape index (κ2) is 2.73. The number of hydrogen-bond acceptors (Lipinski definition) is 3. The maximum atomic E-state index is 11.4. The van der Waals surface area contributed by atoms with Crippen LogP contribution in [0.3, 0.4) is 0 Å². The quantitative estimate of drug-likeness (QED) is 0.606. The zero-order valence-corrected chi connectivity index (χ0v) is 7.09. The van der Waals surface area contributed by atoms with E-state index >= 15 is 0 Å². The standard InChI is InChI=1S/C9H10N2O2/c10-6-4-5-7(11-9(6)13)2-1-3-8(5)12/h4H,1-3,10H2,(H,11,13). The van der Waals surface area contributed by atoms with Crippen LogP contribution in [-0.4, -0.2) is 10.8 Å².